The van der Waals surface area contributed by atoms with E-state index in [1.807, 2.05) is 30.3 Å². The van der Waals surface area contributed by atoms with E-state index in [1.54, 1.807) is 0 Å². The van der Waals surface area contributed by atoms with Gasteiger partial charge in [-0.05, 0) is 5.56 Å². The van der Waals surface area contributed by atoms with Gasteiger partial charge in [0, 0.05) is 17.2 Å². The maximum absolute atomic E-state index is 11.3. The highest BCUT2D eigenvalue weighted by molar-refractivity contribution is 5.90. The van der Waals surface area contributed by atoms with Crippen LogP contribution in [-0.4, -0.2) is 16.2 Å². The zero-order chi connectivity index (χ0) is 12.7. The molecule has 0 radical (unpaired) electrons. The quantitative estimate of drug-likeness (QED) is 0.594. The van der Waals surface area contributed by atoms with Crippen molar-refractivity contribution in [2.75, 3.05) is 0 Å². The summed E-state index contributed by atoms with van der Waals surface area (Å²) < 4.78 is 4.95. The standard InChI is InChI=1S/C14H10O4/c15-10-7-11(16)14-9(6-12(17)18-14)13(10)8-4-2-1-3-5-8/h1-5,7,15-16H,6H2. The van der Waals surface area contributed by atoms with Gasteiger partial charge in [-0.1, -0.05) is 30.3 Å². The van der Waals surface area contributed by atoms with Gasteiger partial charge >= 0.3 is 5.97 Å². The van der Waals surface area contributed by atoms with Crippen molar-refractivity contribution in [3.63, 3.8) is 0 Å². The van der Waals surface area contributed by atoms with Gasteiger partial charge in [0.2, 0.25) is 0 Å². The Hall–Kier alpha value is -2.49. The van der Waals surface area contributed by atoms with Crippen LogP contribution in [0.5, 0.6) is 17.2 Å². The lowest BCUT2D eigenvalue weighted by atomic mass is 9.96. The maximum Gasteiger partial charge on any atom is 0.315 e. The molecule has 0 unspecified atom stereocenters. The number of benzene rings is 2. The number of hydrogen-bond donors (Lipinski definition) is 2. The van der Waals surface area contributed by atoms with Gasteiger partial charge in [-0.15, -0.1) is 0 Å². The minimum Gasteiger partial charge on any atom is -0.507 e. The summed E-state index contributed by atoms with van der Waals surface area (Å²) in [7, 11) is 0. The number of rotatable bonds is 1. The van der Waals surface area contributed by atoms with Crippen LogP contribution in [0.3, 0.4) is 0 Å². The smallest absolute Gasteiger partial charge is 0.315 e. The summed E-state index contributed by atoms with van der Waals surface area (Å²) in [4.78, 5) is 11.3. The molecule has 1 aliphatic heterocycles. The van der Waals surface area contributed by atoms with Crippen molar-refractivity contribution >= 4 is 5.97 Å². The van der Waals surface area contributed by atoms with E-state index in [0.717, 1.165) is 5.56 Å². The second-order valence-corrected chi connectivity index (χ2v) is 4.11. The van der Waals surface area contributed by atoms with Gasteiger partial charge < -0.3 is 14.9 Å². The van der Waals surface area contributed by atoms with E-state index in [-0.39, 0.29) is 23.7 Å². The van der Waals surface area contributed by atoms with E-state index in [1.165, 1.54) is 6.07 Å². The predicted molar refractivity (Wildman–Crippen MR) is 64.5 cm³/mol. The number of phenols is 2. The van der Waals surface area contributed by atoms with Crippen LogP contribution in [0.2, 0.25) is 0 Å². The lowest BCUT2D eigenvalue weighted by Crippen LogP contribution is -2.00. The highest BCUT2D eigenvalue weighted by Gasteiger charge is 2.29. The van der Waals surface area contributed by atoms with E-state index in [4.69, 9.17) is 4.74 Å². The molecule has 90 valence electrons. The summed E-state index contributed by atoms with van der Waals surface area (Å²) in [5.41, 5.74) is 1.85. The van der Waals surface area contributed by atoms with Gasteiger partial charge in [-0.2, -0.15) is 0 Å². The van der Waals surface area contributed by atoms with Crippen LogP contribution in [0.15, 0.2) is 36.4 Å². The van der Waals surface area contributed by atoms with E-state index in [2.05, 4.69) is 0 Å². The fourth-order valence-corrected chi connectivity index (χ4v) is 2.19. The van der Waals surface area contributed by atoms with Crippen molar-refractivity contribution in [2.24, 2.45) is 0 Å². The lowest BCUT2D eigenvalue weighted by Gasteiger charge is -2.10. The summed E-state index contributed by atoms with van der Waals surface area (Å²) in [6.45, 7) is 0. The number of esters is 1. The molecule has 0 spiro atoms. The van der Waals surface area contributed by atoms with Crippen LogP contribution in [0.4, 0.5) is 0 Å². The van der Waals surface area contributed by atoms with Crippen molar-refractivity contribution in [2.45, 2.75) is 6.42 Å². The average molecular weight is 242 g/mol. The number of aromatic hydroxyl groups is 2. The molecule has 1 aliphatic rings. The van der Waals surface area contributed by atoms with Gasteiger partial charge in [-0.25, -0.2) is 0 Å². The zero-order valence-electron chi connectivity index (χ0n) is 9.38. The summed E-state index contributed by atoms with van der Waals surface area (Å²) in [5.74, 6) is -0.552. The number of carbonyl (C=O) groups excluding carboxylic acids is 1. The summed E-state index contributed by atoms with van der Waals surface area (Å²) in [5, 5.41) is 19.6. The molecule has 3 rings (SSSR count). The molecule has 2 aromatic rings. The van der Waals surface area contributed by atoms with Gasteiger partial charge in [0.05, 0.1) is 6.42 Å². The number of carbonyl (C=O) groups is 1. The van der Waals surface area contributed by atoms with E-state index in [9.17, 15) is 15.0 Å². The molecule has 0 fully saturated rings. The normalized spacial score (nSPS) is 13.2. The Labute approximate surface area is 103 Å². The van der Waals surface area contributed by atoms with Gasteiger partial charge in [-0.3, -0.25) is 4.79 Å². The Morgan fingerprint density at radius 2 is 1.78 bits per heavy atom. The van der Waals surface area contributed by atoms with Crippen LogP contribution in [-0.2, 0) is 11.2 Å². The van der Waals surface area contributed by atoms with Crippen LogP contribution < -0.4 is 4.74 Å². The Bertz CT molecular complexity index is 632. The van der Waals surface area contributed by atoms with Crippen molar-refractivity contribution < 1.29 is 19.7 Å². The fourth-order valence-electron chi connectivity index (χ4n) is 2.19. The molecule has 0 bridgehead atoms. The predicted octanol–water partition coefficient (Wildman–Crippen LogP) is 2.23. The molecule has 0 amide bonds. The molecule has 1 heterocycles. The van der Waals surface area contributed by atoms with E-state index in [0.29, 0.717) is 11.1 Å². The van der Waals surface area contributed by atoms with Crippen LogP contribution in [0.25, 0.3) is 11.1 Å². The second kappa shape index (κ2) is 3.77. The molecule has 0 aliphatic carbocycles. The average Bonchev–Trinajstić information content (AvgIpc) is 2.72. The molecule has 2 aromatic carbocycles. The zero-order valence-corrected chi connectivity index (χ0v) is 9.38. The first-order valence-electron chi connectivity index (χ1n) is 5.50. The molecular weight excluding hydrogens is 232 g/mol. The SMILES string of the molecule is O=C1Cc2c(c(O)cc(O)c2-c2ccccc2)O1. The lowest BCUT2D eigenvalue weighted by molar-refractivity contribution is -0.131. The minimum atomic E-state index is -0.428. The minimum absolute atomic E-state index is 0.0571. The maximum atomic E-state index is 11.3. The number of fused-ring (bicyclic) bond motifs is 1. The first kappa shape index (κ1) is 10.7. The van der Waals surface area contributed by atoms with Crippen molar-refractivity contribution in [1.29, 1.82) is 0 Å². The Morgan fingerprint density at radius 3 is 2.50 bits per heavy atom. The van der Waals surface area contributed by atoms with Crippen LogP contribution in [0, 0.1) is 0 Å². The van der Waals surface area contributed by atoms with Gasteiger partial charge in [0.25, 0.3) is 0 Å². The van der Waals surface area contributed by atoms with Crippen LogP contribution >= 0.6 is 0 Å². The van der Waals surface area contributed by atoms with Crippen molar-refractivity contribution in [3.8, 4) is 28.4 Å². The number of ether oxygens (including phenoxy) is 1. The highest BCUT2D eigenvalue weighted by atomic mass is 16.5. The third-order valence-electron chi connectivity index (χ3n) is 2.94. The largest absolute Gasteiger partial charge is 0.507 e. The molecule has 0 saturated heterocycles. The molecule has 0 aromatic heterocycles. The Kier molecular flexibility index (Phi) is 2.23. The summed E-state index contributed by atoms with van der Waals surface area (Å²) >= 11 is 0. The van der Waals surface area contributed by atoms with Gasteiger partial charge in [0.1, 0.15) is 5.75 Å². The molecule has 2 N–H and O–H groups in total. The molecule has 4 nitrogen and oxygen atoms in total. The highest BCUT2D eigenvalue weighted by Crippen LogP contribution is 2.46. The van der Waals surface area contributed by atoms with E-state index >= 15 is 0 Å². The van der Waals surface area contributed by atoms with Crippen molar-refractivity contribution in [1.82, 2.24) is 0 Å². The third-order valence-corrected chi connectivity index (χ3v) is 2.94. The molecule has 0 atom stereocenters. The third kappa shape index (κ3) is 1.50. The summed E-state index contributed by atoms with van der Waals surface area (Å²) in [6, 6.07) is 10.4. The monoisotopic (exact) mass is 242 g/mol. The molecule has 4 heteroatoms. The van der Waals surface area contributed by atoms with E-state index < -0.39 is 5.97 Å². The van der Waals surface area contributed by atoms with Crippen molar-refractivity contribution in [3.05, 3.63) is 42.0 Å². The molecule has 0 saturated carbocycles. The fraction of sp³-hybridized carbons (Fsp3) is 0.0714. The Balaban J connectivity index is 2.28. The summed E-state index contributed by atoms with van der Waals surface area (Å²) in [6.07, 6.45) is 0.0571. The topological polar surface area (TPSA) is 66.8 Å². The number of hydrogen-bond acceptors (Lipinski definition) is 4. The Morgan fingerprint density at radius 1 is 1.06 bits per heavy atom. The second-order valence-electron chi connectivity index (χ2n) is 4.11. The molecule has 18 heavy (non-hydrogen) atoms. The van der Waals surface area contributed by atoms with Gasteiger partial charge in [0.15, 0.2) is 11.5 Å². The first-order valence-corrected chi connectivity index (χ1v) is 5.50. The molecular formula is C14H10O4. The number of phenolic OH excluding ortho intramolecular Hbond substituents is 2. The van der Waals surface area contributed by atoms with Crippen LogP contribution in [0.1, 0.15) is 5.56 Å². The first-order chi connectivity index (χ1) is 8.66.